The number of aliphatic hydroxyl groups excluding tert-OH is 1. The van der Waals surface area contributed by atoms with Gasteiger partial charge in [0.2, 0.25) is 0 Å². The fraction of sp³-hybridized carbons (Fsp3) is 0.316. The van der Waals surface area contributed by atoms with Gasteiger partial charge >= 0.3 is 0 Å². The van der Waals surface area contributed by atoms with E-state index in [0.717, 1.165) is 18.4 Å². The van der Waals surface area contributed by atoms with E-state index in [-0.39, 0.29) is 29.8 Å². The number of carbonyl (C=O) groups excluding carboxylic acids is 1. The molecule has 0 bridgehead atoms. The molecule has 1 unspecified atom stereocenters. The van der Waals surface area contributed by atoms with Crippen LogP contribution >= 0.6 is 0 Å². The zero-order valence-electron chi connectivity index (χ0n) is 14.3. The van der Waals surface area contributed by atoms with Gasteiger partial charge < -0.3 is 15.3 Å². The number of nitro groups is 1. The van der Waals surface area contributed by atoms with Crippen molar-refractivity contribution in [3.63, 3.8) is 0 Å². The van der Waals surface area contributed by atoms with Gasteiger partial charge in [0, 0.05) is 24.8 Å². The number of nitrogens with one attached hydrogen (secondary N) is 1. The highest BCUT2D eigenvalue weighted by Crippen LogP contribution is 2.27. The van der Waals surface area contributed by atoms with Gasteiger partial charge in [-0.3, -0.25) is 14.9 Å². The van der Waals surface area contributed by atoms with Crippen LogP contribution in [0, 0.1) is 10.1 Å². The highest BCUT2D eigenvalue weighted by molar-refractivity contribution is 5.99. The van der Waals surface area contributed by atoms with Crippen molar-refractivity contribution < 1.29 is 14.8 Å². The lowest BCUT2D eigenvalue weighted by Gasteiger charge is -2.20. The van der Waals surface area contributed by atoms with Gasteiger partial charge in [0.05, 0.1) is 17.6 Å². The van der Waals surface area contributed by atoms with Crippen molar-refractivity contribution in [2.24, 2.45) is 0 Å². The minimum Gasteiger partial charge on any atom is -0.394 e. The first-order valence-corrected chi connectivity index (χ1v) is 8.60. The predicted octanol–water partition coefficient (Wildman–Crippen LogP) is 2.98. The molecule has 7 nitrogen and oxygen atoms in total. The van der Waals surface area contributed by atoms with Crippen LogP contribution in [0.1, 0.15) is 34.8 Å². The smallest absolute Gasteiger partial charge is 0.282 e. The van der Waals surface area contributed by atoms with E-state index in [1.165, 1.54) is 12.1 Å². The predicted molar refractivity (Wildman–Crippen MR) is 98.1 cm³/mol. The first-order chi connectivity index (χ1) is 12.6. The highest BCUT2D eigenvalue weighted by Gasteiger charge is 2.27. The summed E-state index contributed by atoms with van der Waals surface area (Å²) in [6, 6.07) is 13.4. The molecule has 1 fully saturated rings. The number of nitrogens with zero attached hydrogens (tertiary/aromatic N) is 2. The fourth-order valence-corrected chi connectivity index (χ4v) is 3.17. The Labute approximate surface area is 151 Å². The molecular formula is C19H21N3O4. The molecule has 0 spiro atoms. The van der Waals surface area contributed by atoms with Crippen LogP contribution in [0.2, 0.25) is 0 Å². The van der Waals surface area contributed by atoms with E-state index in [4.69, 9.17) is 0 Å². The van der Waals surface area contributed by atoms with Gasteiger partial charge in [-0.05, 0) is 30.5 Å². The van der Waals surface area contributed by atoms with E-state index < -0.39 is 4.92 Å². The number of nitro benzene ring substituents is 1. The van der Waals surface area contributed by atoms with Crippen LogP contribution in [0.4, 0.5) is 11.4 Å². The van der Waals surface area contributed by atoms with E-state index in [1.807, 2.05) is 30.3 Å². The number of rotatable bonds is 6. The fourth-order valence-electron chi connectivity index (χ4n) is 3.17. The van der Waals surface area contributed by atoms with Gasteiger partial charge in [0.25, 0.3) is 11.6 Å². The van der Waals surface area contributed by atoms with Crippen LogP contribution < -0.4 is 5.32 Å². The van der Waals surface area contributed by atoms with Crippen molar-refractivity contribution in [1.82, 2.24) is 4.90 Å². The Balaban J connectivity index is 1.89. The number of likely N-dealkylation sites (tertiary alicyclic amines) is 1. The lowest BCUT2D eigenvalue weighted by Crippen LogP contribution is -2.28. The van der Waals surface area contributed by atoms with Crippen molar-refractivity contribution in [3.8, 4) is 0 Å². The molecule has 2 N–H and O–H groups in total. The molecule has 1 amide bonds. The van der Waals surface area contributed by atoms with Crippen LogP contribution in [0.15, 0.2) is 48.5 Å². The molecule has 1 saturated heterocycles. The topological polar surface area (TPSA) is 95.7 Å². The van der Waals surface area contributed by atoms with E-state index in [0.29, 0.717) is 18.8 Å². The van der Waals surface area contributed by atoms with Crippen molar-refractivity contribution in [3.05, 3.63) is 69.8 Å². The second-order valence-electron chi connectivity index (χ2n) is 6.28. The number of anilines is 1. The summed E-state index contributed by atoms with van der Waals surface area (Å²) in [5.41, 5.74) is 1.32. The molecule has 0 aromatic heterocycles. The Morgan fingerprint density at radius 2 is 1.88 bits per heavy atom. The molecular weight excluding hydrogens is 334 g/mol. The molecule has 1 atom stereocenters. The zero-order chi connectivity index (χ0) is 18.5. The maximum Gasteiger partial charge on any atom is 0.282 e. The summed E-state index contributed by atoms with van der Waals surface area (Å²) >= 11 is 0. The van der Waals surface area contributed by atoms with Gasteiger partial charge in [-0.2, -0.15) is 0 Å². The molecule has 3 rings (SSSR count). The van der Waals surface area contributed by atoms with Crippen LogP contribution in [0.25, 0.3) is 0 Å². The van der Waals surface area contributed by atoms with Crippen molar-refractivity contribution in [2.75, 3.05) is 25.0 Å². The van der Waals surface area contributed by atoms with Gasteiger partial charge in [-0.25, -0.2) is 0 Å². The Bertz CT molecular complexity index is 789. The van der Waals surface area contributed by atoms with Gasteiger partial charge in [-0.1, -0.05) is 30.3 Å². The monoisotopic (exact) mass is 355 g/mol. The standard InChI is InChI=1S/C19H21N3O4/c23-13-17(14-6-2-1-3-7-14)20-15-8-9-18(22(25)26)16(12-15)19(24)21-10-4-5-11-21/h1-3,6-9,12,17,20,23H,4-5,10-11,13H2. The molecule has 7 heteroatoms. The third-order valence-corrected chi connectivity index (χ3v) is 4.54. The number of carbonyl (C=O) groups is 1. The Kier molecular flexibility index (Phi) is 5.48. The van der Waals surface area contributed by atoms with Gasteiger partial charge in [-0.15, -0.1) is 0 Å². The maximum atomic E-state index is 12.7. The minimum atomic E-state index is -0.534. The van der Waals surface area contributed by atoms with Crippen LogP contribution in [0.5, 0.6) is 0 Å². The lowest BCUT2D eigenvalue weighted by molar-refractivity contribution is -0.385. The molecule has 0 radical (unpaired) electrons. The summed E-state index contributed by atoms with van der Waals surface area (Å²) in [4.78, 5) is 25.1. The summed E-state index contributed by atoms with van der Waals surface area (Å²) in [6.07, 6.45) is 1.83. The van der Waals surface area contributed by atoms with E-state index >= 15 is 0 Å². The third kappa shape index (κ3) is 3.83. The van der Waals surface area contributed by atoms with E-state index in [9.17, 15) is 20.0 Å². The number of amides is 1. The maximum absolute atomic E-state index is 12.7. The molecule has 0 aliphatic carbocycles. The molecule has 1 heterocycles. The number of benzene rings is 2. The molecule has 2 aromatic rings. The second kappa shape index (κ2) is 7.97. The largest absolute Gasteiger partial charge is 0.394 e. The summed E-state index contributed by atoms with van der Waals surface area (Å²) in [5, 5.41) is 24.2. The Morgan fingerprint density at radius 3 is 2.50 bits per heavy atom. The first kappa shape index (κ1) is 17.9. The molecule has 1 aliphatic rings. The van der Waals surface area contributed by atoms with Crippen LogP contribution in [0.3, 0.4) is 0 Å². The first-order valence-electron chi connectivity index (χ1n) is 8.60. The highest BCUT2D eigenvalue weighted by atomic mass is 16.6. The average Bonchev–Trinajstić information content (AvgIpc) is 3.20. The van der Waals surface area contributed by atoms with Crippen LogP contribution in [-0.2, 0) is 0 Å². The minimum absolute atomic E-state index is 0.0756. The van der Waals surface area contributed by atoms with E-state index in [1.54, 1.807) is 11.0 Å². The second-order valence-corrected chi connectivity index (χ2v) is 6.28. The molecule has 0 saturated carbocycles. The van der Waals surface area contributed by atoms with Crippen molar-refractivity contribution in [2.45, 2.75) is 18.9 Å². The van der Waals surface area contributed by atoms with Gasteiger partial charge in [0.15, 0.2) is 0 Å². The number of hydrogen-bond acceptors (Lipinski definition) is 5. The quantitative estimate of drug-likeness (QED) is 0.613. The number of aliphatic hydroxyl groups is 1. The molecule has 2 aromatic carbocycles. The average molecular weight is 355 g/mol. The lowest BCUT2D eigenvalue weighted by atomic mass is 10.1. The zero-order valence-corrected chi connectivity index (χ0v) is 14.3. The van der Waals surface area contributed by atoms with Gasteiger partial charge in [0.1, 0.15) is 5.56 Å². The summed E-state index contributed by atoms with van der Waals surface area (Å²) < 4.78 is 0. The molecule has 1 aliphatic heterocycles. The van der Waals surface area contributed by atoms with Crippen molar-refractivity contribution in [1.29, 1.82) is 0 Å². The summed E-state index contributed by atoms with van der Waals surface area (Å²) in [5.74, 6) is -0.321. The van der Waals surface area contributed by atoms with Crippen LogP contribution in [-0.4, -0.2) is 40.5 Å². The summed E-state index contributed by atoms with van der Waals surface area (Å²) in [7, 11) is 0. The number of hydrogen-bond donors (Lipinski definition) is 2. The van der Waals surface area contributed by atoms with Crippen molar-refractivity contribution >= 4 is 17.3 Å². The SMILES string of the molecule is O=C(c1cc(NC(CO)c2ccccc2)ccc1[N+](=O)[O-])N1CCCC1. The Hall–Kier alpha value is -2.93. The molecule has 136 valence electrons. The van der Waals surface area contributed by atoms with E-state index in [2.05, 4.69) is 5.32 Å². The Morgan fingerprint density at radius 1 is 1.19 bits per heavy atom. The third-order valence-electron chi connectivity index (χ3n) is 4.54. The molecule has 26 heavy (non-hydrogen) atoms. The summed E-state index contributed by atoms with van der Waals surface area (Å²) in [6.45, 7) is 1.10. The normalized spacial score (nSPS) is 14.9.